The van der Waals surface area contributed by atoms with E-state index in [1.165, 1.54) is 66.3 Å². The van der Waals surface area contributed by atoms with E-state index in [9.17, 15) is 9.90 Å². The van der Waals surface area contributed by atoms with Crippen LogP contribution >= 0.6 is 0 Å². The van der Waals surface area contributed by atoms with Gasteiger partial charge in [0.25, 0.3) is 0 Å². The van der Waals surface area contributed by atoms with Crippen molar-refractivity contribution in [2.45, 2.75) is 57.8 Å². The van der Waals surface area contributed by atoms with E-state index in [2.05, 4.69) is 6.07 Å². The standard InChI is InChI=1S/C22H24O2/c23-22(24)20-12-6-3-9-17(20)14-21-18-10-4-1-7-15(18)13-16-8-2-5-11-19(16)21/h3,6,9,12-13H,1-2,4-5,7-8,10-11,14H2,(H,23,24). The fourth-order valence-electron chi connectivity index (χ4n) is 4.54. The highest BCUT2D eigenvalue weighted by Crippen LogP contribution is 2.35. The van der Waals surface area contributed by atoms with Crippen molar-refractivity contribution in [3.05, 3.63) is 69.3 Å². The molecule has 0 aliphatic heterocycles. The number of hydrogen-bond acceptors (Lipinski definition) is 1. The highest BCUT2D eigenvalue weighted by Gasteiger charge is 2.23. The number of carbonyl (C=O) groups is 1. The van der Waals surface area contributed by atoms with Gasteiger partial charge in [-0.1, -0.05) is 24.3 Å². The van der Waals surface area contributed by atoms with E-state index in [1.807, 2.05) is 18.2 Å². The SMILES string of the molecule is O=C(O)c1ccccc1Cc1c2c(cc3c1CCCC3)CCCC2. The van der Waals surface area contributed by atoms with Crippen molar-refractivity contribution in [3.63, 3.8) is 0 Å². The third-order valence-corrected chi connectivity index (χ3v) is 5.71. The Labute approximate surface area is 143 Å². The summed E-state index contributed by atoms with van der Waals surface area (Å²) >= 11 is 0. The Bertz CT molecular complexity index is 755. The molecule has 0 heterocycles. The second-order valence-corrected chi connectivity index (χ2v) is 7.18. The zero-order valence-corrected chi connectivity index (χ0v) is 14.1. The highest BCUT2D eigenvalue weighted by atomic mass is 16.4. The Morgan fingerprint density at radius 2 is 1.46 bits per heavy atom. The van der Waals surface area contributed by atoms with Crippen LogP contribution in [-0.2, 0) is 32.1 Å². The van der Waals surface area contributed by atoms with Gasteiger partial charge in [-0.15, -0.1) is 0 Å². The number of aromatic carboxylic acids is 1. The molecular weight excluding hydrogens is 296 g/mol. The van der Waals surface area contributed by atoms with Crippen LogP contribution in [0.1, 0.15) is 69.4 Å². The van der Waals surface area contributed by atoms with Gasteiger partial charge in [0.1, 0.15) is 0 Å². The van der Waals surface area contributed by atoms with Crippen molar-refractivity contribution in [1.82, 2.24) is 0 Å². The molecule has 4 rings (SSSR count). The molecule has 2 nitrogen and oxygen atoms in total. The highest BCUT2D eigenvalue weighted by molar-refractivity contribution is 5.89. The minimum Gasteiger partial charge on any atom is -0.478 e. The third kappa shape index (κ3) is 2.75. The molecule has 2 aliphatic carbocycles. The first-order valence-electron chi connectivity index (χ1n) is 9.20. The molecule has 2 aromatic rings. The zero-order valence-electron chi connectivity index (χ0n) is 14.1. The molecule has 0 aromatic heterocycles. The molecule has 0 saturated carbocycles. The zero-order chi connectivity index (χ0) is 16.5. The van der Waals surface area contributed by atoms with E-state index in [1.54, 1.807) is 6.07 Å². The molecule has 2 heteroatoms. The van der Waals surface area contributed by atoms with Crippen molar-refractivity contribution >= 4 is 5.97 Å². The number of aryl methyl sites for hydroxylation is 2. The van der Waals surface area contributed by atoms with Crippen LogP contribution < -0.4 is 0 Å². The molecular formula is C22H24O2. The first-order chi connectivity index (χ1) is 11.7. The van der Waals surface area contributed by atoms with E-state index in [4.69, 9.17) is 0 Å². The van der Waals surface area contributed by atoms with Gasteiger partial charge in [-0.3, -0.25) is 0 Å². The van der Waals surface area contributed by atoms with Crippen LogP contribution in [-0.4, -0.2) is 11.1 Å². The van der Waals surface area contributed by atoms with Crippen molar-refractivity contribution in [2.24, 2.45) is 0 Å². The van der Waals surface area contributed by atoms with Crippen molar-refractivity contribution in [3.8, 4) is 0 Å². The summed E-state index contributed by atoms with van der Waals surface area (Å²) in [6, 6.07) is 9.97. The van der Waals surface area contributed by atoms with Gasteiger partial charge < -0.3 is 5.11 Å². The first kappa shape index (κ1) is 15.4. The molecule has 0 bridgehead atoms. The van der Waals surface area contributed by atoms with Gasteiger partial charge in [-0.25, -0.2) is 4.79 Å². The summed E-state index contributed by atoms with van der Waals surface area (Å²) in [4.78, 5) is 11.6. The van der Waals surface area contributed by atoms with E-state index < -0.39 is 5.97 Å². The molecule has 0 unspecified atom stereocenters. The second kappa shape index (κ2) is 6.43. The van der Waals surface area contributed by atoms with Gasteiger partial charge in [0.15, 0.2) is 0 Å². The fourth-order valence-corrected chi connectivity index (χ4v) is 4.54. The van der Waals surface area contributed by atoms with E-state index in [-0.39, 0.29) is 0 Å². The minimum atomic E-state index is -0.815. The average Bonchev–Trinajstić information content (AvgIpc) is 2.62. The Morgan fingerprint density at radius 1 is 0.875 bits per heavy atom. The van der Waals surface area contributed by atoms with Crippen LogP contribution in [0, 0.1) is 0 Å². The molecule has 2 aliphatic rings. The van der Waals surface area contributed by atoms with Crippen LogP contribution in [0.3, 0.4) is 0 Å². The Balaban J connectivity index is 1.84. The molecule has 0 fully saturated rings. The largest absolute Gasteiger partial charge is 0.478 e. The number of benzene rings is 2. The van der Waals surface area contributed by atoms with Gasteiger partial charge in [0.2, 0.25) is 0 Å². The maximum Gasteiger partial charge on any atom is 0.335 e. The lowest BCUT2D eigenvalue weighted by molar-refractivity contribution is 0.0696. The molecule has 124 valence electrons. The predicted octanol–water partition coefficient (Wildman–Crippen LogP) is 4.73. The van der Waals surface area contributed by atoms with Crippen LogP contribution in [0.2, 0.25) is 0 Å². The van der Waals surface area contributed by atoms with E-state index >= 15 is 0 Å². The van der Waals surface area contributed by atoms with Crippen LogP contribution in [0.4, 0.5) is 0 Å². The number of fused-ring (bicyclic) bond motifs is 2. The van der Waals surface area contributed by atoms with Gasteiger partial charge in [-0.05, 0) is 97.2 Å². The monoisotopic (exact) mass is 320 g/mol. The van der Waals surface area contributed by atoms with Crippen LogP contribution in [0.25, 0.3) is 0 Å². The molecule has 0 spiro atoms. The first-order valence-corrected chi connectivity index (χ1v) is 9.20. The maximum atomic E-state index is 11.6. The quantitative estimate of drug-likeness (QED) is 0.887. The molecule has 0 atom stereocenters. The summed E-state index contributed by atoms with van der Waals surface area (Å²) in [7, 11) is 0. The number of carboxylic acid groups (broad SMARTS) is 1. The minimum absolute atomic E-state index is 0.454. The lowest BCUT2D eigenvalue weighted by Crippen LogP contribution is -2.16. The topological polar surface area (TPSA) is 37.3 Å². The van der Waals surface area contributed by atoms with Gasteiger partial charge in [0, 0.05) is 0 Å². The molecule has 2 aromatic carbocycles. The summed E-state index contributed by atoms with van der Waals surface area (Å²) in [5, 5.41) is 9.52. The lowest BCUT2D eigenvalue weighted by Gasteiger charge is -2.28. The normalized spacial score (nSPS) is 16.3. The molecule has 0 saturated heterocycles. The lowest BCUT2D eigenvalue weighted by atomic mass is 9.77. The molecule has 1 N–H and O–H groups in total. The number of rotatable bonds is 3. The summed E-state index contributed by atoms with van der Waals surface area (Å²) in [6.07, 6.45) is 10.6. The summed E-state index contributed by atoms with van der Waals surface area (Å²) in [5.74, 6) is -0.815. The smallest absolute Gasteiger partial charge is 0.335 e. The van der Waals surface area contributed by atoms with E-state index in [0.29, 0.717) is 5.56 Å². The average molecular weight is 320 g/mol. The van der Waals surface area contributed by atoms with Gasteiger partial charge >= 0.3 is 5.97 Å². The second-order valence-electron chi connectivity index (χ2n) is 7.18. The summed E-state index contributed by atoms with van der Waals surface area (Å²) in [6.45, 7) is 0. The summed E-state index contributed by atoms with van der Waals surface area (Å²) < 4.78 is 0. The maximum absolute atomic E-state index is 11.6. The van der Waals surface area contributed by atoms with Crippen LogP contribution in [0.5, 0.6) is 0 Å². The number of hydrogen-bond donors (Lipinski definition) is 1. The Kier molecular flexibility index (Phi) is 4.13. The van der Waals surface area contributed by atoms with E-state index in [0.717, 1.165) is 24.8 Å². The van der Waals surface area contributed by atoms with Gasteiger partial charge in [0.05, 0.1) is 5.56 Å². The predicted molar refractivity (Wildman–Crippen MR) is 95.9 cm³/mol. The third-order valence-electron chi connectivity index (χ3n) is 5.71. The van der Waals surface area contributed by atoms with Gasteiger partial charge in [-0.2, -0.15) is 0 Å². The summed E-state index contributed by atoms with van der Waals surface area (Å²) in [5.41, 5.74) is 8.99. The Hall–Kier alpha value is -2.09. The number of carboxylic acids is 1. The van der Waals surface area contributed by atoms with Crippen LogP contribution in [0.15, 0.2) is 30.3 Å². The van der Waals surface area contributed by atoms with Crippen molar-refractivity contribution in [1.29, 1.82) is 0 Å². The molecule has 0 radical (unpaired) electrons. The molecule has 0 amide bonds. The van der Waals surface area contributed by atoms with Crippen molar-refractivity contribution < 1.29 is 9.90 Å². The molecule has 24 heavy (non-hydrogen) atoms. The fraction of sp³-hybridized carbons (Fsp3) is 0.409. The Morgan fingerprint density at radius 3 is 2.08 bits per heavy atom. The van der Waals surface area contributed by atoms with Crippen molar-refractivity contribution in [2.75, 3.05) is 0 Å².